The van der Waals surface area contributed by atoms with E-state index in [1.54, 1.807) is 91.0 Å². The van der Waals surface area contributed by atoms with Crippen LogP contribution in [0.2, 0.25) is 0 Å². The molecule has 408 valence electrons. The Morgan fingerprint density at radius 2 is 0.973 bits per heavy atom. The van der Waals surface area contributed by atoms with E-state index in [0.29, 0.717) is 11.1 Å². The van der Waals surface area contributed by atoms with Gasteiger partial charge in [0.15, 0.2) is 18.3 Å². The van der Waals surface area contributed by atoms with Crippen LogP contribution in [-0.4, -0.2) is 135 Å². The zero-order valence-corrected chi connectivity index (χ0v) is 42.9. The lowest BCUT2D eigenvalue weighted by atomic mass is 9.98. The zero-order chi connectivity index (χ0) is 55.1. The van der Waals surface area contributed by atoms with Crippen LogP contribution < -0.4 is 27.0 Å². The number of carbonyl (C=O) groups is 9. The lowest BCUT2D eigenvalue weighted by molar-refractivity contribution is -0.292. The molecule has 25 nitrogen and oxygen atoms in total. The van der Waals surface area contributed by atoms with Gasteiger partial charge >= 0.3 is 31.7 Å². The molecular weight excluding hydrogens is 1010 g/mol. The highest BCUT2D eigenvalue weighted by Crippen LogP contribution is 2.53. The molecule has 6 N–H and O–H groups in total. The van der Waals surface area contributed by atoms with Gasteiger partial charge in [0.1, 0.15) is 36.9 Å². The smallest absolute Gasteiger partial charge is 0.463 e. The lowest BCUT2D eigenvalue weighted by Gasteiger charge is -2.44. The molecule has 0 spiro atoms. The standard InChI is InChI=1S/C49H62N5O20P/c1-29(45(50)60)51-46(61)40(54-48(63)39(26-66-23-36-18-12-8-13-19-36)53-47(62)38(52-30(2)55)25-65-22-35-16-10-7-11-17-35)27-69-75(64,68-24-37-20-14-9-15-21-37)74-49-44(72-34(6)59)43(71-33(5)58)42(70-32(4)57)41(73-49)28-67-31(3)56/h7-21,29,38-44,49H,22-28H2,1-6H3,(H2,50,60)(H,51,61)(H,52,55)(H,53,62)(H,54,63)/t29-,38-,39-,40-,41+,42+,43-,44-,49+,75?/m0/s1. The molecule has 3 aromatic carbocycles. The van der Waals surface area contributed by atoms with Crippen LogP contribution >= 0.6 is 7.82 Å². The molecular formula is C49H62N5O20P. The summed E-state index contributed by atoms with van der Waals surface area (Å²) >= 11 is 0. The first-order valence-corrected chi connectivity index (χ1v) is 24.7. The number of rotatable bonds is 29. The largest absolute Gasteiger partial charge is 0.477 e. The molecule has 26 heteroatoms. The number of carbonyl (C=O) groups excluding carboxylic acids is 9. The van der Waals surface area contributed by atoms with Crippen LogP contribution in [0.5, 0.6) is 0 Å². The lowest BCUT2D eigenvalue weighted by Crippen LogP contribution is -2.62. The molecule has 1 unspecified atom stereocenters. The van der Waals surface area contributed by atoms with Gasteiger partial charge < -0.3 is 60.2 Å². The fourth-order valence-electron chi connectivity index (χ4n) is 6.85. The first-order valence-electron chi connectivity index (χ1n) is 23.3. The molecule has 1 saturated heterocycles. The van der Waals surface area contributed by atoms with Crippen molar-refractivity contribution in [1.82, 2.24) is 21.3 Å². The van der Waals surface area contributed by atoms with E-state index < -0.39 is 143 Å². The molecule has 1 aliphatic heterocycles. The third kappa shape index (κ3) is 21.3. The number of phosphoric acid groups is 1. The molecule has 4 rings (SSSR count). The van der Waals surface area contributed by atoms with Crippen molar-refractivity contribution >= 4 is 61.2 Å². The highest BCUT2D eigenvalue weighted by atomic mass is 31.2. The molecule has 3 aromatic rings. The molecule has 0 saturated carbocycles. The van der Waals surface area contributed by atoms with Crippen molar-refractivity contribution in [1.29, 1.82) is 0 Å². The van der Waals surface area contributed by atoms with Crippen molar-refractivity contribution in [2.45, 2.75) is 116 Å². The Labute approximate surface area is 432 Å². The minimum atomic E-state index is -5.30. The monoisotopic (exact) mass is 1070 g/mol. The molecule has 0 aliphatic carbocycles. The van der Waals surface area contributed by atoms with E-state index in [2.05, 4.69) is 21.3 Å². The third-order valence-corrected chi connectivity index (χ3v) is 11.7. The van der Waals surface area contributed by atoms with Crippen LogP contribution in [0.4, 0.5) is 0 Å². The van der Waals surface area contributed by atoms with Crippen LogP contribution in [0, 0.1) is 0 Å². The molecule has 1 fully saturated rings. The quantitative estimate of drug-likeness (QED) is 0.0372. The van der Waals surface area contributed by atoms with Crippen molar-refractivity contribution in [3.63, 3.8) is 0 Å². The predicted octanol–water partition coefficient (Wildman–Crippen LogP) is 1.33. The summed E-state index contributed by atoms with van der Waals surface area (Å²) in [4.78, 5) is 116. The Hall–Kier alpha value is -7.12. The van der Waals surface area contributed by atoms with Gasteiger partial charge in [-0.3, -0.25) is 56.7 Å². The molecule has 1 aliphatic rings. The minimum absolute atomic E-state index is 0.0581. The topological polar surface area (TPSA) is 337 Å². The SMILES string of the molecule is CC(=O)N[C@@H](COCc1ccccc1)C(=O)N[C@@H](COCc1ccccc1)C(=O)N[C@@H](COP(=O)(OCc1ccccc1)O[C@H]1O[C@H](COC(C)=O)[C@@H](OC(C)=O)[C@H](OC(C)=O)[C@@H]1OC(C)=O)C(=O)N[C@@H](C)C(N)=O. The second kappa shape index (κ2) is 30.3. The predicted molar refractivity (Wildman–Crippen MR) is 258 cm³/mol. The van der Waals surface area contributed by atoms with Gasteiger partial charge in [0.05, 0.1) is 39.6 Å². The van der Waals surface area contributed by atoms with E-state index in [0.717, 1.165) is 33.3 Å². The van der Waals surface area contributed by atoms with E-state index in [-0.39, 0.29) is 19.8 Å². The normalized spacial score (nSPS) is 19.5. The first-order chi connectivity index (χ1) is 35.6. The Bertz CT molecular complexity index is 2450. The van der Waals surface area contributed by atoms with Crippen molar-refractivity contribution in [3.05, 3.63) is 108 Å². The highest BCUT2D eigenvalue weighted by Gasteiger charge is 2.55. The van der Waals surface area contributed by atoms with E-state index in [1.165, 1.54) is 13.8 Å². The Morgan fingerprint density at radius 3 is 1.43 bits per heavy atom. The van der Waals surface area contributed by atoms with Crippen molar-refractivity contribution in [3.8, 4) is 0 Å². The van der Waals surface area contributed by atoms with Gasteiger partial charge in [0.2, 0.25) is 35.8 Å². The fourth-order valence-corrected chi connectivity index (χ4v) is 8.11. The summed E-state index contributed by atoms with van der Waals surface area (Å²) in [6.07, 6.45) is -9.08. The molecule has 10 atom stereocenters. The van der Waals surface area contributed by atoms with Crippen molar-refractivity contribution < 1.29 is 94.4 Å². The van der Waals surface area contributed by atoms with Crippen LogP contribution in [0.1, 0.15) is 58.2 Å². The maximum absolute atomic E-state index is 15.1. The van der Waals surface area contributed by atoms with Crippen LogP contribution in [0.25, 0.3) is 0 Å². The molecule has 75 heavy (non-hydrogen) atoms. The number of phosphoric ester groups is 1. The van der Waals surface area contributed by atoms with Crippen LogP contribution in [0.3, 0.4) is 0 Å². The molecule has 0 aromatic heterocycles. The number of ether oxygens (including phenoxy) is 7. The zero-order valence-electron chi connectivity index (χ0n) is 42.0. The number of primary amides is 1. The van der Waals surface area contributed by atoms with E-state index >= 15 is 4.57 Å². The summed E-state index contributed by atoms with van der Waals surface area (Å²) in [7, 11) is -5.30. The molecule has 5 amide bonds. The van der Waals surface area contributed by atoms with Crippen molar-refractivity contribution in [2.24, 2.45) is 5.73 Å². The second-order valence-electron chi connectivity index (χ2n) is 16.7. The van der Waals surface area contributed by atoms with Crippen LogP contribution in [0.15, 0.2) is 91.0 Å². The van der Waals surface area contributed by atoms with Crippen LogP contribution in [-0.2, 0) is 114 Å². The van der Waals surface area contributed by atoms with Gasteiger partial charge in [-0.1, -0.05) is 91.0 Å². The maximum atomic E-state index is 15.1. The number of benzene rings is 3. The number of hydrogen-bond donors (Lipinski definition) is 5. The van der Waals surface area contributed by atoms with Gasteiger partial charge in [-0.05, 0) is 23.6 Å². The summed E-state index contributed by atoms with van der Waals surface area (Å²) in [5.74, 6) is -8.57. The fraction of sp³-hybridized carbons (Fsp3) is 0.449. The summed E-state index contributed by atoms with van der Waals surface area (Å²) in [5, 5.41) is 9.72. The number of esters is 4. The number of nitrogens with two attached hydrogens (primary N) is 1. The molecule has 1 heterocycles. The Morgan fingerprint density at radius 1 is 0.547 bits per heavy atom. The number of nitrogens with one attached hydrogen (secondary N) is 4. The van der Waals surface area contributed by atoms with E-state index in [9.17, 15) is 43.2 Å². The van der Waals surface area contributed by atoms with Gasteiger partial charge in [0, 0.05) is 34.6 Å². The Kier molecular flexibility index (Phi) is 24.4. The molecule has 0 bridgehead atoms. The average molecular weight is 1070 g/mol. The summed E-state index contributed by atoms with van der Waals surface area (Å²) < 4.78 is 71.5. The van der Waals surface area contributed by atoms with Gasteiger partial charge in [-0.15, -0.1) is 0 Å². The summed E-state index contributed by atoms with van der Waals surface area (Å²) in [6.45, 7) is 3.14. The van der Waals surface area contributed by atoms with Crippen molar-refractivity contribution in [2.75, 3.05) is 26.4 Å². The second-order valence-corrected chi connectivity index (χ2v) is 18.3. The summed E-state index contributed by atoms with van der Waals surface area (Å²) in [6, 6.07) is 19.4. The minimum Gasteiger partial charge on any atom is -0.463 e. The third-order valence-electron chi connectivity index (χ3n) is 10.4. The van der Waals surface area contributed by atoms with E-state index in [4.69, 9.17) is 52.5 Å². The maximum Gasteiger partial charge on any atom is 0.477 e. The van der Waals surface area contributed by atoms with Gasteiger partial charge in [-0.25, -0.2) is 4.57 Å². The average Bonchev–Trinajstić information content (AvgIpc) is 3.35. The first kappa shape index (κ1) is 60.4. The molecule has 0 radical (unpaired) electrons. The highest BCUT2D eigenvalue weighted by molar-refractivity contribution is 7.48. The van der Waals surface area contributed by atoms with Gasteiger partial charge in [0.25, 0.3) is 0 Å². The van der Waals surface area contributed by atoms with Gasteiger partial charge in [-0.2, -0.15) is 0 Å². The van der Waals surface area contributed by atoms with E-state index in [1.807, 2.05) is 0 Å². The Balaban J connectivity index is 1.73. The summed E-state index contributed by atoms with van der Waals surface area (Å²) in [5.41, 5.74) is 7.28. The number of amides is 5. The number of hydrogen-bond acceptors (Lipinski definition) is 20.